The Kier molecular flexibility index (Phi) is 5.96. The number of halogens is 1. The average Bonchev–Trinajstić information content (AvgIpc) is 2.30. The maximum atomic E-state index is 6.18. The molecule has 0 radical (unpaired) electrons. The zero-order valence-electron chi connectivity index (χ0n) is 11.0. The van der Waals surface area contributed by atoms with E-state index in [1.165, 1.54) is 0 Å². The Hall–Kier alpha value is -0.570. The first-order valence-corrected chi connectivity index (χ1v) is 6.67. The maximum Gasteiger partial charge on any atom is 0.0406 e. The van der Waals surface area contributed by atoms with Gasteiger partial charge in [-0.25, -0.2) is 0 Å². The third-order valence-electron chi connectivity index (χ3n) is 3.16. The van der Waals surface area contributed by atoms with Crippen molar-refractivity contribution in [1.29, 1.82) is 0 Å². The van der Waals surface area contributed by atoms with Crippen molar-refractivity contribution in [2.75, 3.05) is 13.1 Å². The van der Waals surface area contributed by atoms with Gasteiger partial charge >= 0.3 is 0 Å². The normalized spacial score (nSPS) is 13.4. The SMILES string of the molecule is CCN(CCC(N)c1ccc(Cl)cc1)C(C)C. The molecular formula is C14H23ClN2. The van der Waals surface area contributed by atoms with Gasteiger partial charge < -0.3 is 10.6 Å². The highest BCUT2D eigenvalue weighted by Gasteiger charge is 2.10. The van der Waals surface area contributed by atoms with Crippen LogP contribution >= 0.6 is 11.6 Å². The molecule has 0 aliphatic carbocycles. The zero-order valence-corrected chi connectivity index (χ0v) is 11.7. The highest BCUT2D eigenvalue weighted by molar-refractivity contribution is 6.30. The molecule has 0 saturated heterocycles. The molecule has 0 amide bonds. The van der Waals surface area contributed by atoms with Crippen LogP contribution in [0.15, 0.2) is 24.3 Å². The summed E-state index contributed by atoms with van der Waals surface area (Å²) in [7, 11) is 0. The molecule has 3 heteroatoms. The minimum absolute atomic E-state index is 0.0973. The number of nitrogens with zero attached hydrogens (tertiary/aromatic N) is 1. The number of nitrogens with two attached hydrogens (primary N) is 1. The fraction of sp³-hybridized carbons (Fsp3) is 0.571. The van der Waals surface area contributed by atoms with E-state index in [-0.39, 0.29) is 6.04 Å². The molecule has 17 heavy (non-hydrogen) atoms. The number of hydrogen-bond donors (Lipinski definition) is 1. The molecule has 0 spiro atoms. The van der Waals surface area contributed by atoms with Gasteiger partial charge in [-0.2, -0.15) is 0 Å². The van der Waals surface area contributed by atoms with Crippen molar-refractivity contribution < 1.29 is 0 Å². The molecule has 1 aromatic carbocycles. The maximum absolute atomic E-state index is 6.18. The summed E-state index contributed by atoms with van der Waals surface area (Å²) >= 11 is 5.86. The highest BCUT2D eigenvalue weighted by atomic mass is 35.5. The summed E-state index contributed by atoms with van der Waals surface area (Å²) in [5.74, 6) is 0. The first kappa shape index (κ1) is 14.5. The lowest BCUT2D eigenvalue weighted by Crippen LogP contribution is -2.33. The van der Waals surface area contributed by atoms with Crippen LogP contribution in [-0.2, 0) is 0 Å². The van der Waals surface area contributed by atoms with Crippen LogP contribution in [0.1, 0.15) is 38.8 Å². The first-order chi connectivity index (χ1) is 8.04. The van der Waals surface area contributed by atoms with Crippen LogP contribution in [0.2, 0.25) is 5.02 Å². The second kappa shape index (κ2) is 7.00. The van der Waals surface area contributed by atoms with Crippen molar-refractivity contribution in [3.05, 3.63) is 34.9 Å². The lowest BCUT2D eigenvalue weighted by atomic mass is 10.0. The second-order valence-electron chi connectivity index (χ2n) is 4.67. The van der Waals surface area contributed by atoms with Crippen LogP contribution in [0.4, 0.5) is 0 Å². The van der Waals surface area contributed by atoms with E-state index in [0.717, 1.165) is 30.1 Å². The van der Waals surface area contributed by atoms with Crippen molar-refractivity contribution in [2.24, 2.45) is 5.73 Å². The van der Waals surface area contributed by atoms with Crippen LogP contribution in [0.25, 0.3) is 0 Å². The van der Waals surface area contributed by atoms with Gasteiger partial charge in [0.2, 0.25) is 0 Å². The van der Waals surface area contributed by atoms with Gasteiger partial charge in [0.05, 0.1) is 0 Å². The van der Waals surface area contributed by atoms with E-state index in [1.807, 2.05) is 24.3 Å². The summed E-state index contributed by atoms with van der Waals surface area (Å²) in [6.07, 6.45) is 0.980. The first-order valence-electron chi connectivity index (χ1n) is 6.29. The second-order valence-corrected chi connectivity index (χ2v) is 5.11. The summed E-state index contributed by atoms with van der Waals surface area (Å²) in [6.45, 7) is 8.74. The van der Waals surface area contributed by atoms with E-state index in [0.29, 0.717) is 6.04 Å². The van der Waals surface area contributed by atoms with E-state index in [1.54, 1.807) is 0 Å². The summed E-state index contributed by atoms with van der Waals surface area (Å²) in [4.78, 5) is 2.43. The van der Waals surface area contributed by atoms with Crippen molar-refractivity contribution in [1.82, 2.24) is 4.90 Å². The molecule has 2 nitrogen and oxygen atoms in total. The summed E-state index contributed by atoms with van der Waals surface area (Å²) < 4.78 is 0. The topological polar surface area (TPSA) is 29.3 Å². The minimum atomic E-state index is 0.0973. The fourth-order valence-corrected chi connectivity index (χ4v) is 2.09. The Labute approximate surface area is 110 Å². The Bertz CT molecular complexity index is 321. The standard InChI is InChI=1S/C14H23ClN2/c1-4-17(11(2)3)10-9-14(16)12-5-7-13(15)8-6-12/h5-8,11,14H,4,9-10,16H2,1-3H3. The van der Waals surface area contributed by atoms with E-state index in [9.17, 15) is 0 Å². The van der Waals surface area contributed by atoms with Gasteiger partial charge in [0.25, 0.3) is 0 Å². The lowest BCUT2D eigenvalue weighted by molar-refractivity contribution is 0.225. The van der Waals surface area contributed by atoms with Crippen LogP contribution in [-0.4, -0.2) is 24.0 Å². The molecule has 0 aromatic heterocycles. The Morgan fingerprint density at radius 3 is 2.29 bits per heavy atom. The number of benzene rings is 1. The summed E-state index contributed by atoms with van der Waals surface area (Å²) in [5, 5.41) is 0.762. The van der Waals surface area contributed by atoms with Crippen LogP contribution in [0, 0.1) is 0 Å². The van der Waals surface area contributed by atoms with Crippen molar-refractivity contribution in [3.63, 3.8) is 0 Å². The monoisotopic (exact) mass is 254 g/mol. The predicted octanol–water partition coefficient (Wildman–Crippen LogP) is 3.46. The van der Waals surface area contributed by atoms with Crippen molar-refractivity contribution in [3.8, 4) is 0 Å². The van der Waals surface area contributed by atoms with Gasteiger partial charge in [0, 0.05) is 23.7 Å². The van der Waals surface area contributed by atoms with E-state index >= 15 is 0 Å². The van der Waals surface area contributed by atoms with Crippen molar-refractivity contribution >= 4 is 11.6 Å². The molecule has 0 aliphatic rings. The molecule has 0 aliphatic heterocycles. The van der Waals surface area contributed by atoms with Gasteiger partial charge in [0.1, 0.15) is 0 Å². The Morgan fingerprint density at radius 1 is 1.24 bits per heavy atom. The summed E-state index contributed by atoms with van der Waals surface area (Å²) in [5.41, 5.74) is 7.34. The van der Waals surface area contributed by atoms with Gasteiger partial charge in [-0.1, -0.05) is 30.7 Å². The van der Waals surface area contributed by atoms with Gasteiger partial charge in [-0.05, 0) is 44.5 Å². The molecule has 1 atom stereocenters. The quantitative estimate of drug-likeness (QED) is 0.843. The van der Waals surface area contributed by atoms with Gasteiger partial charge in [0.15, 0.2) is 0 Å². The van der Waals surface area contributed by atoms with Gasteiger partial charge in [-0.15, -0.1) is 0 Å². The lowest BCUT2D eigenvalue weighted by Gasteiger charge is -2.26. The van der Waals surface area contributed by atoms with E-state index in [2.05, 4.69) is 25.7 Å². The average molecular weight is 255 g/mol. The van der Waals surface area contributed by atoms with Crippen molar-refractivity contribution in [2.45, 2.75) is 39.3 Å². The zero-order chi connectivity index (χ0) is 12.8. The molecule has 1 unspecified atom stereocenters. The molecule has 0 fully saturated rings. The summed E-state index contributed by atoms with van der Waals surface area (Å²) in [6, 6.07) is 8.50. The largest absolute Gasteiger partial charge is 0.324 e. The molecule has 0 saturated carbocycles. The van der Waals surface area contributed by atoms with E-state index < -0.39 is 0 Å². The molecule has 2 N–H and O–H groups in total. The number of hydrogen-bond acceptors (Lipinski definition) is 2. The molecule has 1 rings (SSSR count). The van der Waals surface area contributed by atoms with Gasteiger partial charge in [-0.3, -0.25) is 0 Å². The third-order valence-corrected chi connectivity index (χ3v) is 3.41. The molecule has 0 heterocycles. The molecular weight excluding hydrogens is 232 g/mol. The fourth-order valence-electron chi connectivity index (χ4n) is 1.96. The highest BCUT2D eigenvalue weighted by Crippen LogP contribution is 2.17. The predicted molar refractivity (Wildman–Crippen MR) is 75.4 cm³/mol. The molecule has 0 bridgehead atoms. The Morgan fingerprint density at radius 2 is 1.82 bits per heavy atom. The van der Waals surface area contributed by atoms with E-state index in [4.69, 9.17) is 17.3 Å². The number of rotatable bonds is 6. The minimum Gasteiger partial charge on any atom is -0.324 e. The van der Waals surface area contributed by atoms with Crippen LogP contribution in [0.5, 0.6) is 0 Å². The molecule has 96 valence electrons. The smallest absolute Gasteiger partial charge is 0.0406 e. The van der Waals surface area contributed by atoms with Crippen LogP contribution in [0.3, 0.4) is 0 Å². The Balaban J connectivity index is 2.49. The van der Waals surface area contributed by atoms with Crippen LogP contribution < -0.4 is 5.73 Å². The molecule has 1 aromatic rings. The third kappa shape index (κ3) is 4.66.